The van der Waals surface area contributed by atoms with Crippen LogP contribution < -0.4 is 15.4 Å². The predicted octanol–water partition coefficient (Wildman–Crippen LogP) is 2.89. The van der Waals surface area contributed by atoms with Gasteiger partial charge in [-0.1, -0.05) is 18.2 Å². The molecule has 0 saturated carbocycles. The average molecular weight is 398 g/mol. The molecule has 11 heteroatoms. The first kappa shape index (κ1) is 21.1. The van der Waals surface area contributed by atoms with Crippen molar-refractivity contribution in [1.82, 2.24) is 15.5 Å². The van der Waals surface area contributed by atoms with Gasteiger partial charge in [-0.25, -0.2) is 0 Å². The highest BCUT2D eigenvalue weighted by Crippen LogP contribution is 2.26. The van der Waals surface area contributed by atoms with E-state index in [-0.39, 0.29) is 36.4 Å². The quantitative estimate of drug-likeness (QED) is 0.455. The maximum atomic E-state index is 12.4. The lowest BCUT2D eigenvalue weighted by molar-refractivity contribution is -0.274. The van der Waals surface area contributed by atoms with Crippen LogP contribution in [0.25, 0.3) is 0 Å². The molecule has 27 heavy (non-hydrogen) atoms. The number of rotatable bonds is 5. The summed E-state index contributed by atoms with van der Waals surface area (Å²) in [6.07, 6.45) is -8.55. The van der Waals surface area contributed by atoms with Gasteiger partial charge in [-0.3, -0.25) is 9.89 Å². The number of nitrogens with zero attached hydrogens (tertiary/aromatic N) is 2. The van der Waals surface area contributed by atoms with Crippen LogP contribution in [0.2, 0.25) is 0 Å². The van der Waals surface area contributed by atoms with Crippen molar-refractivity contribution in [2.24, 2.45) is 4.99 Å². The van der Waals surface area contributed by atoms with Crippen molar-refractivity contribution < 1.29 is 31.1 Å². The summed E-state index contributed by atoms with van der Waals surface area (Å²) < 4.78 is 78.6. The van der Waals surface area contributed by atoms with Gasteiger partial charge >= 0.3 is 12.5 Å². The van der Waals surface area contributed by atoms with Gasteiger partial charge in [0.2, 0.25) is 0 Å². The van der Waals surface area contributed by atoms with Gasteiger partial charge in [0.1, 0.15) is 5.75 Å². The van der Waals surface area contributed by atoms with E-state index in [4.69, 9.17) is 0 Å². The fourth-order valence-electron chi connectivity index (χ4n) is 2.79. The maximum Gasteiger partial charge on any atom is 0.573 e. The number of aliphatic imine (C=N–C) groups is 1. The molecule has 1 fully saturated rings. The molecule has 152 valence electrons. The van der Waals surface area contributed by atoms with Crippen LogP contribution in [0, 0.1) is 0 Å². The third kappa shape index (κ3) is 7.53. The minimum atomic E-state index is -4.80. The van der Waals surface area contributed by atoms with E-state index in [1.807, 2.05) is 0 Å². The van der Waals surface area contributed by atoms with E-state index in [0.717, 1.165) is 0 Å². The molecule has 1 aromatic rings. The van der Waals surface area contributed by atoms with E-state index >= 15 is 0 Å². The van der Waals surface area contributed by atoms with Gasteiger partial charge in [-0.2, -0.15) is 13.2 Å². The number of guanidine groups is 1. The smallest absolute Gasteiger partial charge is 0.405 e. The van der Waals surface area contributed by atoms with Crippen LogP contribution >= 0.6 is 0 Å². The van der Waals surface area contributed by atoms with Crippen LogP contribution in [0.5, 0.6) is 5.75 Å². The van der Waals surface area contributed by atoms with Crippen molar-refractivity contribution in [2.75, 3.05) is 26.7 Å². The summed E-state index contributed by atoms with van der Waals surface area (Å²) >= 11 is 0. The number of ether oxygens (including phenoxy) is 1. The first-order valence-electron chi connectivity index (χ1n) is 8.15. The number of hydrogen-bond acceptors (Lipinski definition) is 3. The molecule has 0 bridgehead atoms. The number of nitrogens with one attached hydrogen (secondary N) is 2. The van der Waals surface area contributed by atoms with Crippen LogP contribution in [0.3, 0.4) is 0 Å². The number of alkyl halides is 6. The standard InChI is InChI=1S/C16H20F6N4O/c1-23-14(25-12-6-7-26(9-12)10-15(17,18)19)24-8-11-4-2-3-5-13(11)27-16(20,21)22/h2-5,12H,6-10H2,1H3,(H2,23,24,25). The minimum Gasteiger partial charge on any atom is -0.405 e. The molecule has 1 atom stereocenters. The Bertz CT molecular complexity index is 647. The summed E-state index contributed by atoms with van der Waals surface area (Å²) in [4.78, 5) is 5.25. The Balaban J connectivity index is 1.88. The Labute approximate surface area is 152 Å². The Kier molecular flexibility index (Phi) is 6.79. The second-order valence-electron chi connectivity index (χ2n) is 6.06. The summed E-state index contributed by atoms with van der Waals surface area (Å²) in [6.45, 7) is -0.464. The zero-order chi connectivity index (χ0) is 20.1. The maximum absolute atomic E-state index is 12.4. The van der Waals surface area contributed by atoms with Crippen molar-refractivity contribution in [1.29, 1.82) is 0 Å². The summed E-state index contributed by atoms with van der Waals surface area (Å²) in [5.41, 5.74) is 0.267. The number of hydrogen-bond donors (Lipinski definition) is 2. The van der Waals surface area contributed by atoms with E-state index < -0.39 is 19.1 Å². The van der Waals surface area contributed by atoms with E-state index in [1.165, 1.54) is 30.1 Å². The third-order valence-corrected chi connectivity index (χ3v) is 3.88. The van der Waals surface area contributed by atoms with Gasteiger partial charge in [0.15, 0.2) is 5.96 Å². The van der Waals surface area contributed by atoms with Crippen molar-refractivity contribution >= 4 is 5.96 Å². The molecule has 0 aromatic heterocycles. The molecular weight excluding hydrogens is 378 g/mol. The number of para-hydroxylation sites is 1. The monoisotopic (exact) mass is 398 g/mol. The summed E-state index contributed by atoms with van der Waals surface area (Å²) in [7, 11) is 1.47. The van der Waals surface area contributed by atoms with Crippen LogP contribution in [0.1, 0.15) is 12.0 Å². The van der Waals surface area contributed by atoms with Crippen molar-refractivity contribution in [3.05, 3.63) is 29.8 Å². The van der Waals surface area contributed by atoms with E-state index in [2.05, 4.69) is 20.4 Å². The zero-order valence-electron chi connectivity index (χ0n) is 14.5. The highest BCUT2D eigenvalue weighted by Gasteiger charge is 2.34. The van der Waals surface area contributed by atoms with Crippen LogP contribution in [-0.2, 0) is 6.54 Å². The molecule has 0 spiro atoms. The molecule has 1 unspecified atom stereocenters. The van der Waals surface area contributed by atoms with Crippen LogP contribution in [-0.4, -0.2) is 56.1 Å². The minimum absolute atomic E-state index is 0.00487. The van der Waals surface area contributed by atoms with Crippen LogP contribution in [0.15, 0.2) is 29.3 Å². The van der Waals surface area contributed by atoms with Crippen molar-refractivity contribution in [3.8, 4) is 5.75 Å². The molecule has 1 aromatic carbocycles. The van der Waals surface area contributed by atoms with Crippen molar-refractivity contribution in [3.63, 3.8) is 0 Å². The molecule has 2 rings (SSSR count). The van der Waals surface area contributed by atoms with E-state index in [0.29, 0.717) is 13.0 Å². The largest absolute Gasteiger partial charge is 0.573 e. The number of likely N-dealkylation sites (tertiary alicyclic amines) is 1. The van der Waals surface area contributed by atoms with Gasteiger partial charge in [-0.15, -0.1) is 13.2 Å². The molecule has 0 amide bonds. The average Bonchev–Trinajstić information content (AvgIpc) is 2.96. The van der Waals surface area contributed by atoms with E-state index in [1.54, 1.807) is 6.07 Å². The summed E-state index contributed by atoms with van der Waals surface area (Å²) in [5.74, 6) is -0.0409. The Morgan fingerprint density at radius 1 is 1.22 bits per heavy atom. The number of benzene rings is 1. The molecular formula is C16H20F6N4O. The topological polar surface area (TPSA) is 48.9 Å². The molecule has 1 aliphatic heterocycles. The normalized spacial score (nSPS) is 19.2. The second-order valence-corrected chi connectivity index (χ2v) is 6.06. The first-order chi connectivity index (χ1) is 12.6. The lowest BCUT2D eigenvalue weighted by atomic mass is 10.2. The summed E-state index contributed by atoms with van der Waals surface area (Å²) in [6, 6.07) is 5.43. The fraction of sp³-hybridized carbons (Fsp3) is 0.562. The zero-order valence-corrected chi connectivity index (χ0v) is 14.5. The van der Waals surface area contributed by atoms with Gasteiger partial charge in [0.25, 0.3) is 0 Å². The Morgan fingerprint density at radius 2 is 1.93 bits per heavy atom. The molecule has 0 radical (unpaired) electrons. The van der Waals surface area contributed by atoms with Crippen LogP contribution in [0.4, 0.5) is 26.3 Å². The lowest BCUT2D eigenvalue weighted by Gasteiger charge is -2.20. The van der Waals surface area contributed by atoms with Gasteiger partial charge in [-0.05, 0) is 12.5 Å². The van der Waals surface area contributed by atoms with E-state index in [9.17, 15) is 26.3 Å². The third-order valence-electron chi connectivity index (χ3n) is 3.88. The molecule has 0 aliphatic carbocycles. The molecule has 2 N–H and O–H groups in total. The lowest BCUT2D eigenvalue weighted by Crippen LogP contribution is -2.45. The highest BCUT2D eigenvalue weighted by molar-refractivity contribution is 5.80. The first-order valence-corrected chi connectivity index (χ1v) is 8.15. The number of halogens is 6. The Hall–Kier alpha value is -2.17. The predicted molar refractivity (Wildman–Crippen MR) is 87.4 cm³/mol. The van der Waals surface area contributed by atoms with Gasteiger partial charge < -0.3 is 15.4 Å². The molecule has 1 aliphatic rings. The molecule has 1 saturated heterocycles. The van der Waals surface area contributed by atoms with Gasteiger partial charge in [0, 0.05) is 38.3 Å². The molecule has 5 nitrogen and oxygen atoms in total. The molecule has 1 heterocycles. The fourth-order valence-corrected chi connectivity index (χ4v) is 2.79. The summed E-state index contributed by atoms with van der Waals surface area (Å²) in [5, 5.41) is 5.84. The van der Waals surface area contributed by atoms with Crippen molar-refractivity contribution in [2.45, 2.75) is 31.5 Å². The SMILES string of the molecule is CN=C(NCc1ccccc1OC(F)(F)F)NC1CCN(CC(F)(F)F)C1. The highest BCUT2D eigenvalue weighted by atomic mass is 19.4. The Morgan fingerprint density at radius 3 is 2.56 bits per heavy atom. The van der Waals surface area contributed by atoms with Gasteiger partial charge in [0.05, 0.1) is 6.54 Å². The second kappa shape index (κ2) is 8.68.